The molecule has 4 aromatic rings. The van der Waals surface area contributed by atoms with E-state index >= 15 is 0 Å². The maximum Gasteiger partial charge on any atom is 0.416 e. The standard InChI is InChI=1S/C19H13F3N2O3/c20-19(21,22)13-7-3-1-5-11(13)14(25)9-24-10-23-16-12-6-2-4-8-15(12)27-17(16)18(24)26/h1-8,10,14,25H,9H2. The van der Waals surface area contributed by atoms with Crippen molar-refractivity contribution in [3.05, 3.63) is 76.3 Å². The van der Waals surface area contributed by atoms with Gasteiger partial charge in [0.25, 0.3) is 5.56 Å². The molecule has 1 unspecified atom stereocenters. The molecule has 0 saturated heterocycles. The molecule has 5 nitrogen and oxygen atoms in total. The number of fused-ring (bicyclic) bond motifs is 3. The molecule has 1 N–H and O–H groups in total. The Labute approximate surface area is 150 Å². The quantitative estimate of drug-likeness (QED) is 0.591. The normalized spacial score (nSPS) is 13.3. The number of halogens is 3. The number of alkyl halides is 3. The smallest absolute Gasteiger partial charge is 0.416 e. The monoisotopic (exact) mass is 374 g/mol. The molecule has 0 spiro atoms. The molecule has 138 valence electrons. The van der Waals surface area contributed by atoms with Crippen LogP contribution in [0.1, 0.15) is 17.2 Å². The van der Waals surface area contributed by atoms with Gasteiger partial charge in [-0.1, -0.05) is 30.3 Å². The van der Waals surface area contributed by atoms with E-state index in [2.05, 4.69) is 4.98 Å². The molecule has 2 aromatic heterocycles. The molecule has 0 saturated carbocycles. The molecule has 0 aliphatic carbocycles. The maximum absolute atomic E-state index is 13.1. The maximum atomic E-state index is 13.1. The van der Waals surface area contributed by atoms with E-state index in [-0.39, 0.29) is 17.7 Å². The number of nitrogens with zero attached hydrogens (tertiary/aromatic N) is 2. The van der Waals surface area contributed by atoms with Gasteiger partial charge in [0.15, 0.2) is 0 Å². The van der Waals surface area contributed by atoms with E-state index < -0.39 is 23.4 Å². The Balaban J connectivity index is 1.75. The SMILES string of the molecule is O=c1c2oc3ccccc3c2ncn1CC(O)c1ccccc1C(F)(F)F. The second-order valence-corrected chi connectivity index (χ2v) is 6.08. The van der Waals surface area contributed by atoms with E-state index in [1.807, 2.05) is 0 Å². The predicted octanol–water partition coefficient (Wildman–Crippen LogP) is 3.90. The minimum atomic E-state index is -4.61. The molecule has 0 amide bonds. The van der Waals surface area contributed by atoms with Crippen molar-refractivity contribution in [1.29, 1.82) is 0 Å². The van der Waals surface area contributed by atoms with Gasteiger partial charge in [0.1, 0.15) is 11.1 Å². The minimum absolute atomic E-state index is 0.00462. The molecule has 0 bridgehead atoms. The third kappa shape index (κ3) is 2.97. The molecular formula is C19H13F3N2O3. The van der Waals surface area contributed by atoms with E-state index in [0.717, 1.165) is 10.6 Å². The van der Waals surface area contributed by atoms with Gasteiger partial charge in [0, 0.05) is 5.39 Å². The number of para-hydroxylation sites is 1. The zero-order chi connectivity index (χ0) is 19.2. The molecule has 27 heavy (non-hydrogen) atoms. The summed E-state index contributed by atoms with van der Waals surface area (Å²) in [6, 6.07) is 11.7. The summed E-state index contributed by atoms with van der Waals surface area (Å²) < 4.78 is 46.0. The van der Waals surface area contributed by atoms with Crippen molar-refractivity contribution in [1.82, 2.24) is 9.55 Å². The second-order valence-electron chi connectivity index (χ2n) is 6.08. The van der Waals surface area contributed by atoms with Crippen LogP contribution in [-0.2, 0) is 12.7 Å². The van der Waals surface area contributed by atoms with Gasteiger partial charge in [-0.05, 0) is 23.8 Å². The van der Waals surface area contributed by atoms with Gasteiger partial charge in [-0.3, -0.25) is 9.36 Å². The average molecular weight is 374 g/mol. The number of rotatable bonds is 3. The molecule has 0 radical (unpaired) electrons. The van der Waals surface area contributed by atoms with Crippen molar-refractivity contribution >= 4 is 22.1 Å². The first-order valence-electron chi connectivity index (χ1n) is 8.07. The molecule has 8 heteroatoms. The van der Waals surface area contributed by atoms with Gasteiger partial charge in [0.2, 0.25) is 5.58 Å². The number of furan rings is 1. The third-order valence-electron chi connectivity index (χ3n) is 4.35. The summed E-state index contributed by atoms with van der Waals surface area (Å²) in [5.74, 6) is 0. The van der Waals surface area contributed by atoms with Crippen LogP contribution in [0.25, 0.3) is 22.1 Å². The van der Waals surface area contributed by atoms with Crippen LogP contribution in [0.15, 0.2) is 64.1 Å². The highest BCUT2D eigenvalue weighted by Crippen LogP contribution is 2.34. The largest absolute Gasteiger partial charge is 0.448 e. The molecule has 0 aliphatic rings. The van der Waals surface area contributed by atoms with Crippen molar-refractivity contribution in [2.75, 3.05) is 0 Å². The van der Waals surface area contributed by atoms with Crippen molar-refractivity contribution in [3.63, 3.8) is 0 Å². The van der Waals surface area contributed by atoms with Crippen LogP contribution in [0.5, 0.6) is 0 Å². The summed E-state index contributed by atoms with van der Waals surface area (Å²) in [5.41, 5.74) is -0.963. The van der Waals surface area contributed by atoms with Gasteiger partial charge in [-0.15, -0.1) is 0 Å². The highest BCUT2D eigenvalue weighted by Gasteiger charge is 2.34. The lowest BCUT2D eigenvalue weighted by Gasteiger charge is -2.18. The van der Waals surface area contributed by atoms with Gasteiger partial charge < -0.3 is 9.52 Å². The Morgan fingerprint density at radius 2 is 1.81 bits per heavy atom. The van der Waals surface area contributed by atoms with Crippen LogP contribution in [-0.4, -0.2) is 14.7 Å². The van der Waals surface area contributed by atoms with Crippen molar-refractivity contribution < 1.29 is 22.7 Å². The number of aromatic nitrogens is 2. The average Bonchev–Trinajstić information content (AvgIpc) is 3.03. The third-order valence-corrected chi connectivity index (χ3v) is 4.35. The Kier molecular flexibility index (Phi) is 4.00. The van der Waals surface area contributed by atoms with Crippen molar-refractivity contribution in [2.24, 2.45) is 0 Å². The molecule has 2 heterocycles. The first-order chi connectivity index (χ1) is 12.9. The lowest BCUT2D eigenvalue weighted by Crippen LogP contribution is -2.24. The van der Waals surface area contributed by atoms with Crippen LogP contribution >= 0.6 is 0 Å². The van der Waals surface area contributed by atoms with E-state index in [9.17, 15) is 23.1 Å². The molecular weight excluding hydrogens is 361 g/mol. The van der Waals surface area contributed by atoms with Gasteiger partial charge in [-0.25, -0.2) is 4.98 Å². The molecule has 4 rings (SSSR count). The van der Waals surface area contributed by atoms with Gasteiger partial charge in [0.05, 0.1) is 24.5 Å². The number of hydrogen-bond acceptors (Lipinski definition) is 4. The Morgan fingerprint density at radius 1 is 1.11 bits per heavy atom. The van der Waals surface area contributed by atoms with Crippen LogP contribution in [0.4, 0.5) is 13.2 Å². The van der Waals surface area contributed by atoms with Crippen molar-refractivity contribution in [2.45, 2.75) is 18.8 Å². The highest BCUT2D eigenvalue weighted by molar-refractivity contribution is 6.01. The first kappa shape index (κ1) is 17.3. The Hall–Kier alpha value is -3.13. The molecule has 0 fully saturated rings. The molecule has 2 aromatic carbocycles. The van der Waals surface area contributed by atoms with Crippen LogP contribution < -0.4 is 5.56 Å². The predicted molar refractivity (Wildman–Crippen MR) is 92.2 cm³/mol. The van der Waals surface area contributed by atoms with Crippen molar-refractivity contribution in [3.8, 4) is 0 Å². The summed E-state index contributed by atoms with van der Waals surface area (Å²) in [5, 5.41) is 11.0. The number of aliphatic hydroxyl groups is 1. The van der Waals surface area contributed by atoms with E-state index in [1.54, 1.807) is 24.3 Å². The second kappa shape index (κ2) is 6.24. The summed E-state index contributed by atoms with van der Waals surface area (Å²) in [4.78, 5) is 16.8. The number of hydrogen-bond donors (Lipinski definition) is 1. The van der Waals surface area contributed by atoms with Crippen LogP contribution in [0, 0.1) is 0 Å². The summed E-state index contributed by atoms with van der Waals surface area (Å²) in [7, 11) is 0. The Morgan fingerprint density at radius 3 is 2.59 bits per heavy atom. The summed E-state index contributed by atoms with van der Waals surface area (Å²) in [6.45, 7) is -0.383. The van der Waals surface area contributed by atoms with E-state index in [0.29, 0.717) is 16.5 Å². The zero-order valence-corrected chi connectivity index (χ0v) is 13.8. The molecule has 1 atom stereocenters. The van der Waals surface area contributed by atoms with Gasteiger partial charge >= 0.3 is 6.18 Å². The van der Waals surface area contributed by atoms with Crippen LogP contribution in [0.2, 0.25) is 0 Å². The highest BCUT2D eigenvalue weighted by atomic mass is 19.4. The zero-order valence-electron chi connectivity index (χ0n) is 13.8. The first-order valence-corrected chi connectivity index (χ1v) is 8.07. The number of benzene rings is 2. The Bertz CT molecular complexity index is 1190. The fourth-order valence-corrected chi connectivity index (χ4v) is 3.08. The lowest BCUT2D eigenvalue weighted by atomic mass is 10.0. The topological polar surface area (TPSA) is 68.3 Å². The minimum Gasteiger partial charge on any atom is -0.448 e. The fourth-order valence-electron chi connectivity index (χ4n) is 3.08. The lowest BCUT2D eigenvalue weighted by molar-refractivity contribution is -0.139. The van der Waals surface area contributed by atoms with E-state index in [4.69, 9.17) is 4.42 Å². The summed E-state index contributed by atoms with van der Waals surface area (Å²) >= 11 is 0. The fraction of sp³-hybridized carbons (Fsp3) is 0.158. The summed E-state index contributed by atoms with van der Waals surface area (Å²) in [6.07, 6.45) is -4.95. The van der Waals surface area contributed by atoms with E-state index in [1.165, 1.54) is 24.5 Å². The van der Waals surface area contributed by atoms with Crippen LogP contribution in [0.3, 0.4) is 0 Å². The molecule has 0 aliphatic heterocycles. The van der Waals surface area contributed by atoms with Gasteiger partial charge in [-0.2, -0.15) is 13.2 Å². The number of aliphatic hydroxyl groups excluding tert-OH is 1.